The van der Waals surface area contributed by atoms with E-state index >= 15 is 0 Å². The molecule has 3 nitrogen and oxygen atoms in total. The van der Waals surface area contributed by atoms with Gasteiger partial charge in [-0.3, -0.25) is 0 Å². The number of nitrogens with zero attached hydrogens (tertiary/aromatic N) is 2. The van der Waals surface area contributed by atoms with E-state index in [0.717, 1.165) is 11.4 Å². The molecule has 0 aliphatic carbocycles. The molecule has 0 amide bonds. The number of H-pyrrole nitrogens is 1. The predicted molar refractivity (Wildman–Crippen MR) is 204 cm³/mol. The fraction of sp³-hybridized carbons (Fsp3) is 0. The van der Waals surface area contributed by atoms with Crippen molar-refractivity contribution in [1.29, 1.82) is 0 Å². The summed E-state index contributed by atoms with van der Waals surface area (Å²) in [5.41, 5.74) is 1.88. The molecule has 0 saturated heterocycles. The van der Waals surface area contributed by atoms with Crippen LogP contribution in [-0.4, -0.2) is 33.9 Å². The van der Waals surface area contributed by atoms with Crippen LogP contribution in [0.4, 0.5) is 0 Å². The van der Waals surface area contributed by atoms with Gasteiger partial charge in [0.25, 0.3) is 16.5 Å². The van der Waals surface area contributed by atoms with Gasteiger partial charge in [0.1, 0.15) is 0 Å². The highest BCUT2D eigenvalue weighted by Gasteiger charge is 2.40. The normalized spacial score (nSPS) is 12.1. The van der Waals surface area contributed by atoms with Gasteiger partial charge < -0.3 is 14.3 Å². The highest BCUT2D eigenvalue weighted by molar-refractivity contribution is 7.11. The van der Waals surface area contributed by atoms with Gasteiger partial charge in [-0.1, -0.05) is 182 Å². The van der Waals surface area contributed by atoms with Crippen molar-refractivity contribution in [2.24, 2.45) is 9.32 Å². The summed E-state index contributed by atoms with van der Waals surface area (Å²) >= 11 is 0. The molecule has 226 valence electrons. The smallest absolute Gasteiger partial charge is 0.273 e. The first kappa shape index (κ1) is 30.1. The zero-order chi connectivity index (χ0) is 31.8. The fourth-order valence-electron chi connectivity index (χ4n) is 6.44. The lowest BCUT2D eigenvalue weighted by atomic mass is 10.3. The second kappa shape index (κ2) is 13.8. The van der Waals surface area contributed by atoms with Crippen molar-refractivity contribution < 1.29 is 0 Å². The van der Waals surface area contributed by atoms with Crippen molar-refractivity contribution in [1.82, 2.24) is 4.98 Å². The monoisotopic (exact) mass is 637 g/mol. The van der Waals surface area contributed by atoms with Crippen LogP contribution in [0.25, 0.3) is 0 Å². The largest absolute Gasteiger partial charge is 0.353 e. The number of nitrogens with one attached hydrogen (secondary N) is 1. The Bertz CT molecular complexity index is 1720. The molecule has 0 atom stereocenters. The maximum absolute atomic E-state index is 5.55. The van der Waals surface area contributed by atoms with Gasteiger partial charge >= 0.3 is 0 Å². The quantitative estimate of drug-likeness (QED) is 0.122. The zero-order valence-electron chi connectivity index (χ0n) is 26.0. The minimum atomic E-state index is -2.76. The first-order valence-corrected chi connectivity index (χ1v) is 19.8. The Morgan fingerprint density at radius 2 is 0.511 bits per heavy atom. The molecule has 6 aromatic carbocycles. The molecule has 0 radical (unpaired) electrons. The van der Waals surface area contributed by atoms with Gasteiger partial charge in [0, 0.05) is 12.4 Å². The van der Waals surface area contributed by atoms with E-state index in [1.54, 1.807) is 0 Å². The summed E-state index contributed by atoms with van der Waals surface area (Å²) in [7, 11) is -5.51. The highest BCUT2D eigenvalue weighted by atomic mass is 28.3. The maximum atomic E-state index is 5.55. The predicted octanol–water partition coefficient (Wildman–Crippen LogP) is 5.19. The van der Waals surface area contributed by atoms with E-state index in [1.807, 2.05) is 12.4 Å². The van der Waals surface area contributed by atoms with Gasteiger partial charge in [-0.25, -0.2) is 0 Å². The second-order valence-electron chi connectivity index (χ2n) is 11.5. The first-order valence-electron chi connectivity index (χ1n) is 15.9. The third-order valence-corrected chi connectivity index (χ3v) is 16.7. The molecular weight excluding hydrogens is 603 g/mol. The van der Waals surface area contributed by atoms with E-state index in [1.165, 1.54) is 31.1 Å². The Morgan fingerprint density at radius 1 is 0.298 bits per heavy atom. The Balaban J connectivity index is 1.32. The molecule has 1 heterocycles. The number of aromatic nitrogens is 1. The van der Waals surface area contributed by atoms with Crippen LogP contribution >= 0.6 is 0 Å². The molecule has 0 fully saturated rings. The first-order chi connectivity index (χ1) is 23.3. The van der Waals surface area contributed by atoms with Crippen LogP contribution in [0.5, 0.6) is 0 Å². The van der Waals surface area contributed by atoms with Crippen LogP contribution in [0, 0.1) is 0 Å². The third-order valence-electron chi connectivity index (χ3n) is 8.68. The lowest BCUT2D eigenvalue weighted by Crippen LogP contribution is -2.66. The minimum absolute atomic E-state index is 0.942. The summed E-state index contributed by atoms with van der Waals surface area (Å²) in [5, 5.41) is 7.45. The van der Waals surface area contributed by atoms with Crippen molar-refractivity contribution in [3.8, 4) is 0 Å². The van der Waals surface area contributed by atoms with Crippen molar-refractivity contribution in [2.45, 2.75) is 0 Å². The summed E-state index contributed by atoms with van der Waals surface area (Å²) < 4.78 is 11.1. The van der Waals surface area contributed by atoms with Crippen LogP contribution < -0.4 is 31.1 Å². The molecule has 0 aliphatic heterocycles. The van der Waals surface area contributed by atoms with Gasteiger partial charge in [0.2, 0.25) is 0 Å². The van der Waals surface area contributed by atoms with E-state index < -0.39 is 16.5 Å². The van der Waals surface area contributed by atoms with Crippen LogP contribution in [0.2, 0.25) is 0 Å². The fourth-order valence-corrected chi connectivity index (χ4v) is 14.0. The molecule has 5 heteroatoms. The Hall–Kier alpha value is -5.63. The van der Waals surface area contributed by atoms with Gasteiger partial charge in [-0.05, 0) is 43.3 Å². The SMILES string of the molecule is C(=N\[Si](c1ccccc1)(c1ccccc1)c1ccccc1)/c1ccc(/C=N/[Si](c2ccccc2)(c2ccccc2)c2ccccc2)[nH]1. The van der Waals surface area contributed by atoms with Crippen molar-refractivity contribution >= 4 is 60.0 Å². The van der Waals surface area contributed by atoms with Crippen molar-refractivity contribution in [3.63, 3.8) is 0 Å². The van der Waals surface area contributed by atoms with Gasteiger partial charge in [0.15, 0.2) is 0 Å². The van der Waals surface area contributed by atoms with Crippen molar-refractivity contribution in [3.05, 3.63) is 206 Å². The van der Waals surface area contributed by atoms with Gasteiger partial charge in [-0.15, -0.1) is 0 Å². The molecule has 0 saturated carbocycles. The molecular formula is C42H35N3Si2. The van der Waals surface area contributed by atoms with Crippen molar-refractivity contribution in [2.75, 3.05) is 0 Å². The molecule has 0 spiro atoms. The Morgan fingerprint density at radius 3 is 0.723 bits per heavy atom. The number of hydrogen-bond donors (Lipinski definition) is 1. The molecule has 47 heavy (non-hydrogen) atoms. The maximum Gasteiger partial charge on any atom is 0.273 e. The molecule has 1 N–H and O–H groups in total. The van der Waals surface area contributed by atoms with Crippen LogP contribution in [0.3, 0.4) is 0 Å². The molecule has 1 aromatic heterocycles. The summed E-state index contributed by atoms with van der Waals surface area (Å²) in [5.74, 6) is 0. The average molecular weight is 638 g/mol. The van der Waals surface area contributed by atoms with E-state index in [2.05, 4.69) is 199 Å². The second-order valence-corrected chi connectivity index (χ2v) is 18.3. The van der Waals surface area contributed by atoms with E-state index in [-0.39, 0.29) is 0 Å². The van der Waals surface area contributed by atoms with E-state index in [0.29, 0.717) is 0 Å². The molecule has 0 bridgehead atoms. The zero-order valence-corrected chi connectivity index (χ0v) is 28.0. The summed E-state index contributed by atoms with van der Waals surface area (Å²) in [6.45, 7) is 0. The summed E-state index contributed by atoms with van der Waals surface area (Å²) in [4.78, 5) is 3.61. The van der Waals surface area contributed by atoms with Gasteiger partial charge in [-0.2, -0.15) is 0 Å². The van der Waals surface area contributed by atoms with Crippen LogP contribution in [-0.2, 0) is 0 Å². The Kier molecular flexibility index (Phi) is 8.82. The number of hydrogen-bond acceptors (Lipinski definition) is 2. The lowest BCUT2D eigenvalue weighted by Gasteiger charge is -2.29. The average Bonchev–Trinajstić information content (AvgIpc) is 3.63. The highest BCUT2D eigenvalue weighted by Crippen LogP contribution is 2.12. The Labute approximate surface area is 278 Å². The standard InChI is InChI=1S/C42H35N3Si2/c1-7-19-37(20-8-1)46(38-21-9-2-10-22-38,39-23-11-3-12-24-39)43-33-35-31-32-36(45-35)34-44-47(40-25-13-4-14-26-40,41-27-15-5-16-28-41)42-29-17-6-18-30-42/h1-34,45H/b43-33+,44-34+. The number of rotatable bonds is 10. The molecule has 0 aliphatic rings. The van der Waals surface area contributed by atoms with E-state index in [4.69, 9.17) is 9.32 Å². The van der Waals surface area contributed by atoms with Crippen LogP contribution in [0.1, 0.15) is 11.4 Å². The topological polar surface area (TPSA) is 40.5 Å². The minimum Gasteiger partial charge on any atom is -0.353 e. The molecule has 0 unspecified atom stereocenters. The number of benzene rings is 6. The number of aromatic amines is 1. The third kappa shape index (κ3) is 6.02. The summed E-state index contributed by atoms with van der Waals surface area (Å²) in [6.07, 6.45) is 4.04. The van der Waals surface area contributed by atoms with Crippen LogP contribution in [0.15, 0.2) is 203 Å². The van der Waals surface area contributed by atoms with E-state index in [9.17, 15) is 0 Å². The van der Waals surface area contributed by atoms with Gasteiger partial charge in [0.05, 0.1) is 11.4 Å². The summed E-state index contributed by atoms with van der Waals surface area (Å²) in [6, 6.07) is 68.6. The molecule has 7 rings (SSSR count). The lowest BCUT2D eigenvalue weighted by molar-refractivity contribution is 1.36. The molecule has 7 aromatic rings.